The van der Waals surface area contributed by atoms with Crippen LogP contribution in [0.3, 0.4) is 0 Å². The molecule has 1 N–H and O–H groups in total. The summed E-state index contributed by atoms with van der Waals surface area (Å²) in [6.07, 6.45) is 1.24. The lowest BCUT2D eigenvalue weighted by Gasteiger charge is -2.05. The van der Waals surface area contributed by atoms with Crippen LogP contribution < -0.4 is 4.74 Å². The summed E-state index contributed by atoms with van der Waals surface area (Å²) in [5.74, 6) is -0.355. The molecule has 0 amide bonds. The summed E-state index contributed by atoms with van der Waals surface area (Å²) in [6, 6.07) is 7.42. The van der Waals surface area contributed by atoms with Crippen LogP contribution in [0.2, 0.25) is 5.15 Å². The number of carboxylic acids is 1. The molecular formula is C12H11ClN2O3. The SMILES string of the molecule is COc1cccc(Cn2ncc(C(=O)O)c2Cl)c1. The first-order valence-corrected chi connectivity index (χ1v) is 5.57. The second-order valence-corrected chi connectivity index (χ2v) is 4.02. The number of carbonyl (C=O) groups is 1. The number of aromatic carboxylic acids is 1. The third kappa shape index (κ3) is 2.46. The molecule has 18 heavy (non-hydrogen) atoms. The number of aromatic nitrogens is 2. The smallest absolute Gasteiger partial charge is 0.340 e. The molecule has 94 valence electrons. The Balaban J connectivity index is 2.26. The molecule has 0 saturated heterocycles. The van der Waals surface area contributed by atoms with Crippen molar-refractivity contribution in [2.45, 2.75) is 6.54 Å². The predicted molar refractivity (Wildman–Crippen MR) is 66.3 cm³/mol. The van der Waals surface area contributed by atoms with Crippen molar-refractivity contribution >= 4 is 17.6 Å². The molecule has 0 unspecified atom stereocenters. The molecule has 0 aliphatic carbocycles. The van der Waals surface area contributed by atoms with Gasteiger partial charge in [-0.25, -0.2) is 9.48 Å². The second kappa shape index (κ2) is 5.10. The van der Waals surface area contributed by atoms with Gasteiger partial charge < -0.3 is 9.84 Å². The van der Waals surface area contributed by atoms with E-state index in [1.807, 2.05) is 24.3 Å². The normalized spacial score (nSPS) is 10.3. The number of rotatable bonds is 4. The number of ether oxygens (including phenoxy) is 1. The summed E-state index contributed by atoms with van der Waals surface area (Å²) < 4.78 is 6.54. The van der Waals surface area contributed by atoms with Crippen LogP contribution in [0.1, 0.15) is 15.9 Å². The topological polar surface area (TPSA) is 64.4 Å². The van der Waals surface area contributed by atoms with Crippen molar-refractivity contribution in [2.75, 3.05) is 7.11 Å². The van der Waals surface area contributed by atoms with Gasteiger partial charge in [0.05, 0.1) is 19.9 Å². The average Bonchev–Trinajstić information content (AvgIpc) is 2.71. The standard InChI is InChI=1S/C12H11ClN2O3/c1-18-9-4-2-3-8(5-9)7-15-11(13)10(6-14-15)12(16)17/h2-6H,7H2,1H3,(H,16,17). The Bertz CT molecular complexity index is 580. The maximum Gasteiger partial charge on any atom is 0.340 e. The molecule has 0 radical (unpaired) electrons. The van der Waals surface area contributed by atoms with Crippen molar-refractivity contribution < 1.29 is 14.6 Å². The Morgan fingerprint density at radius 2 is 2.33 bits per heavy atom. The van der Waals surface area contributed by atoms with Crippen LogP contribution in [0.25, 0.3) is 0 Å². The van der Waals surface area contributed by atoms with Gasteiger partial charge in [0.2, 0.25) is 0 Å². The molecule has 2 rings (SSSR count). The maximum absolute atomic E-state index is 10.8. The fourth-order valence-electron chi connectivity index (χ4n) is 1.57. The predicted octanol–water partition coefficient (Wildman–Crippen LogP) is 2.29. The zero-order valence-corrected chi connectivity index (χ0v) is 10.4. The molecule has 0 atom stereocenters. The van der Waals surface area contributed by atoms with Gasteiger partial charge in [-0.15, -0.1) is 0 Å². The minimum Gasteiger partial charge on any atom is -0.497 e. The second-order valence-electron chi connectivity index (χ2n) is 3.66. The van der Waals surface area contributed by atoms with Crippen LogP contribution in [0, 0.1) is 0 Å². The molecule has 5 nitrogen and oxygen atoms in total. The molecular weight excluding hydrogens is 256 g/mol. The number of hydrogen-bond acceptors (Lipinski definition) is 3. The van der Waals surface area contributed by atoms with Crippen LogP contribution in [-0.2, 0) is 6.54 Å². The van der Waals surface area contributed by atoms with Crippen molar-refractivity contribution in [3.05, 3.63) is 46.7 Å². The molecule has 0 bridgehead atoms. The number of halogens is 1. The molecule has 0 spiro atoms. The molecule has 0 aliphatic rings. The zero-order chi connectivity index (χ0) is 13.1. The van der Waals surface area contributed by atoms with E-state index >= 15 is 0 Å². The van der Waals surface area contributed by atoms with Gasteiger partial charge >= 0.3 is 5.97 Å². The van der Waals surface area contributed by atoms with Crippen molar-refractivity contribution in [3.63, 3.8) is 0 Å². The third-order valence-electron chi connectivity index (χ3n) is 2.47. The molecule has 6 heteroatoms. The monoisotopic (exact) mass is 266 g/mol. The van der Waals surface area contributed by atoms with Crippen LogP contribution in [0.15, 0.2) is 30.5 Å². The molecule has 1 aromatic heterocycles. The fourth-order valence-corrected chi connectivity index (χ4v) is 1.80. The molecule has 2 aromatic rings. The molecule has 0 aliphatic heterocycles. The average molecular weight is 267 g/mol. The Hall–Kier alpha value is -2.01. The number of nitrogens with zero attached hydrogens (tertiary/aromatic N) is 2. The molecule has 0 saturated carbocycles. The Kier molecular flexibility index (Phi) is 3.53. The van der Waals surface area contributed by atoms with Gasteiger partial charge in [-0.2, -0.15) is 5.10 Å². The summed E-state index contributed by atoms with van der Waals surface area (Å²) >= 11 is 5.93. The van der Waals surface area contributed by atoms with E-state index in [2.05, 4.69) is 5.10 Å². The number of hydrogen-bond donors (Lipinski definition) is 1. The van der Waals surface area contributed by atoms with Gasteiger partial charge in [0, 0.05) is 0 Å². The van der Waals surface area contributed by atoms with Gasteiger partial charge in [-0.3, -0.25) is 0 Å². The van der Waals surface area contributed by atoms with Crippen molar-refractivity contribution in [1.29, 1.82) is 0 Å². The van der Waals surface area contributed by atoms with Crippen LogP contribution >= 0.6 is 11.6 Å². The van der Waals surface area contributed by atoms with Gasteiger partial charge in [-0.1, -0.05) is 23.7 Å². The minimum absolute atomic E-state index is 0.000405. The molecule has 1 heterocycles. The Morgan fingerprint density at radius 3 is 2.94 bits per heavy atom. The van der Waals surface area contributed by atoms with E-state index in [-0.39, 0.29) is 10.7 Å². The van der Waals surface area contributed by atoms with Gasteiger partial charge in [-0.05, 0) is 17.7 Å². The first kappa shape index (κ1) is 12.4. The highest BCUT2D eigenvalue weighted by Crippen LogP contribution is 2.18. The number of benzene rings is 1. The van der Waals surface area contributed by atoms with Crippen molar-refractivity contribution in [1.82, 2.24) is 9.78 Å². The van der Waals surface area contributed by atoms with Crippen LogP contribution in [0.5, 0.6) is 5.75 Å². The highest BCUT2D eigenvalue weighted by molar-refractivity contribution is 6.32. The Morgan fingerprint density at radius 1 is 1.56 bits per heavy atom. The van der Waals surface area contributed by atoms with E-state index < -0.39 is 5.97 Å². The highest BCUT2D eigenvalue weighted by atomic mass is 35.5. The van der Waals surface area contributed by atoms with E-state index in [0.717, 1.165) is 11.3 Å². The lowest BCUT2D eigenvalue weighted by atomic mass is 10.2. The lowest BCUT2D eigenvalue weighted by molar-refractivity contribution is 0.0697. The molecule has 1 aromatic carbocycles. The Labute approximate surface area is 109 Å². The maximum atomic E-state index is 10.8. The first-order valence-electron chi connectivity index (χ1n) is 5.19. The molecule has 0 fully saturated rings. The number of methoxy groups -OCH3 is 1. The van der Waals surface area contributed by atoms with Crippen molar-refractivity contribution in [2.24, 2.45) is 0 Å². The quantitative estimate of drug-likeness (QED) is 0.922. The summed E-state index contributed by atoms with van der Waals surface area (Å²) in [5, 5.41) is 12.9. The summed E-state index contributed by atoms with van der Waals surface area (Å²) in [6.45, 7) is 0.392. The summed E-state index contributed by atoms with van der Waals surface area (Å²) in [7, 11) is 1.59. The van der Waals surface area contributed by atoms with Crippen LogP contribution in [-0.4, -0.2) is 28.0 Å². The zero-order valence-electron chi connectivity index (χ0n) is 9.63. The van der Waals surface area contributed by atoms with E-state index in [1.54, 1.807) is 7.11 Å². The summed E-state index contributed by atoms with van der Waals surface area (Å²) in [5.41, 5.74) is 0.927. The lowest BCUT2D eigenvalue weighted by Crippen LogP contribution is -2.03. The first-order chi connectivity index (χ1) is 8.61. The fraction of sp³-hybridized carbons (Fsp3) is 0.167. The van der Waals surface area contributed by atoms with E-state index in [0.29, 0.717) is 6.54 Å². The van der Waals surface area contributed by atoms with Gasteiger partial charge in [0.25, 0.3) is 0 Å². The number of carboxylic acid groups (broad SMARTS) is 1. The van der Waals surface area contributed by atoms with Crippen LogP contribution in [0.4, 0.5) is 0 Å². The van der Waals surface area contributed by atoms with E-state index in [1.165, 1.54) is 10.9 Å². The van der Waals surface area contributed by atoms with Gasteiger partial charge in [0.1, 0.15) is 16.5 Å². The van der Waals surface area contributed by atoms with E-state index in [9.17, 15) is 4.79 Å². The minimum atomic E-state index is -1.09. The largest absolute Gasteiger partial charge is 0.497 e. The van der Waals surface area contributed by atoms with Crippen molar-refractivity contribution in [3.8, 4) is 5.75 Å². The van der Waals surface area contributed by atoms with Gasteiger partial charge in [0.15, 0.2) is 0 Å². The van der Waals surface area contributed by atoms with E-state index in [4.69, 9.17) is 21.4 Å². The highest BCUT2D eigenvalue weighted by Gasteiger charge is 2.14. The third-order valence-corrected chi connectivity index (χ3v) is 2.87. The summed E-state index contributed by atoms with van der Waals surface area (Å²) in [4.78, 5) is 10.8.